The molecule has 4 heteroatoms. The lowest BCUT2D eigenvalue weighted by Crippen LogP contribution is -2.16. The van der Waals surface area contributed by atoms with Gasteiger partial charge in [-0.1, -0.05) is 83.3 Å². The van der Waals surface area contributed by atoms with E-state index in [0.717, 1.165) is 18.4 Å². The van der Waals surface area contributed by atoms with Crippen molar-refractivity contribution in [1.29, 1.82) is 0 Å². The molecular weight excluding hydrogens is 315 g/mol. The van der Waals surface area contributed by atoms with Gasteiger partial charge in [-0.05, 0) is 24.1 Å². The molecule has 0 saturated heterocycles. The fraction of sp³-hybridized carbons (Fsp3) is 0.619. The van der Waals surface area contributed by atoms with Gasteiger partial charge in [0.05, 0.1) is 6.21 Å². The molecule has 1 aromatic rings. The highest BCUT2D eigenvalue weighted by Gasteiger charge is 1.99. The van der Waals surface area contributed by atoms with Crippen molar-refractivity contribution in [3.63, 3.8) is 0 Å². The standard InChI is InChI=1S/C21H33FN2O/c1-2-3-4-5-6-7-8-9-10-11-12-13-21(25)24-23-18-19-14-16-20(22)17-15-19/h14-18H,2-13H2,1H3,(H,24,25). The van der Waals surface area contributed by atoms with Crippen LogP contribution in [0.1, 0.15) is 89.5 Å². The van der Waals surface area contributed by atoms with Gasteiger partial charge in [-0.3, -0.25) is 4.79 Å². The fourth-order valence-electron chi connectivity index (χ4n) is 2.73. The van der Waals surface area contributed by atoms with Crippen LogP contribution in [0.4, 0.5) is 4.39 Å². The number of amides is 1. The summed E-state index contributed by atoms with van der Waals surface area (Å²) in [6, 6.07) is 5.98. The molecule has 0 aliphatic carbocycles. The highest BCUT2D eigenvalue weighted by Crippen LogP contribution is 2.11. The van der Waals surface area contributed by atoms with Crippen molar-refractivity contribution in [2.45, 2.75) is 84.0 Å². The van der Waals surface area contributed by atoms with Crippen LogP contribution in [0.5, 0.6) is 0 Å². The second-order valence-corrected chi connectivity index (χ2v) is 6.63. The number of nitrogens with zero attached hydrogens (tertiary/aromatic N) is 1. The van der Waals surface area contributed by atoms with Crippen molar-refractivity contribution in [3.05, 3.63) is 35.6 Å². The third kappa shape index (κ3) is 12.3. The topological polar surface area (TPSA) is 41.5 Å². The van der Waals surface area contributed by atoms with Crippen LogP contribution in [0.3, 0.4) is 0 Å². The summed E-state index contributed by atoms with van der Waals surface area (Å²) in [5.41, 5.74) is 3.28. The van der Waals surface area contributed by atoms with Gasteiger partial charge in [0.2, 0.25) is 5.91 Å². The molecule has 0 aromatic heterocycles. The maximum Gasteiger partial charge on any atom is 0.240 e. The van der Waals surface area contributed by atoms with Crippen molar-refractivity contribution < 1.29 is 9.18 Å². The van der Waals surface area contributed by atoms with Crippen molar-refractivity contribution in [1.82, 2.24) is 5.43 Å². The third-order valence-corrected chi connectivity index (χ3v) is 4.28. The zero-order chi connectivity index (χ0) is 18.2. The van der Waals surface area contributed by atoms with Gasteiger partial charge in [0.1, 0.15) is 5.82 Å². The van der Waals surface area contributed by atoms with E-state index in [0.29, 0.717) is 6.42 Å². The van der Waals surface area contributed by atoms with Gasteiger partial charge in [-0.15, -0.1) is 0 Å². The van der Waals surface area contributed by atoms with E-state index in [1.165, 1.54) is 76.1 Å². The highest BCUT2D eigenvalue weighted by atomic mass is 19.1. The van der Waals surface area contributed by atoms with Gasteiger partial charge >= 0.3 is 0 Å². The lowest BCUT2D eigenvalue weighted by Gasteiger charge is -2.02. The molecule has 0 spiro atoms. The van der Waals surface area contributed by atoms with Crippen LogP contribution in [-0.2, 0) is 4.79 Å². The van der Waals surface area contributed by atoms with Crippen LogP contribution in [0.2, 0.25) is 0 Å². The van der Waals surface area contributed by atoms with E-state index >= 15 is 0 Å². The molecular formula is C21H33FN2O. The number of carbonyl (C=O) groups excluding carboxylic acids is 1. The number of hydrogen-bond acceptors (Lipinski definition) is 2. The van der Waals surface area contributed by atoms with E-state index in [9.17, 15) is 9.18 Å². The Bertz CT molecular complexity index is 485. The number of hydrazone groups is 1. The normalized spacial score (nSPS) is 11.1. The molecule has 140 valence electrons. The maximum atomic E-state index is 12.8. The van der Waals surface area contributed by atoms with Gasteiger partial charge in [-0.25, -0.2) is 9.82 Å². The Labute approximate surface area is 152 Å². The molecule has 0 saturated carbocycles. The first-order chi connectivity index (χ1) is 12.2. The van der Waals surface area contributed by atoms with Crippen molar-refractivity contribution in [3.8, 4) is 0 Å². The van der Waals surface area contributed by atoms with Crippen LogP contribution in [0.15, 0.2) is 29.4 Å². The second kappa shape index (κ2) is 14.6. The molecule has 0 bridgehead atoms. The molecule has 25 heavy (non-hydrogen) atoms. The number of nitrogens with one attached hydrogen (secondary N) is 1. The third-order valence-electron chi connectivity index (χ3n) is 4.28. The van der Waals surface area contributed by atoms with E-state index in [2.05, 4.69) is 17.5 Å². The zero-order valence-electron chi connectivity index (χ0n) is 15.6. The number of rotatable bonds is 14. The van der Waals surface area contributed by atoms with Gasteiger partial charge < -0.3 is 0 Å². The monoisotopic (exact) mass is 348 g/mol. The largest absolute Gasteiger partial charge is 0.273 e. The first kappa shape index (κ1) is 21.3. The van der Waals surface area contributed by atoms with Crippen LogP contribution in [0, 0.1) is 5.82 Å². The number of carbonyl (C=O) groups is 1. The van der Waals surface area contributed by atoms with Crippen LogP contribution in [0.25, 0.3) is 0 Å². The summed E-state index contributed by atoms with van der Waals surface area (Å²) in [4.78, 5) is 11.7. The average molecular weight is 349 g/mol. The summed E-state index contributed by atoms with van der Waals surface area (Å²) in [7, 11) is 0. The molecule has 1 amide bonds. The molecule has 1 aromatic carbocycles. The van der Waals surface area contributed by atoms with Crippen molar-refractivity contribution >= 4 is 12.1 Å². The summed E-state index contributed by atoms with van der Waals surface area (Å²) in [5.74, 6) is -0.341. The van der Waals surface area contributed by atoms with E-state index in [4.69, 9.17) is 0 Å². The van der Waals surface area contributed by atoms with E-state index < -0.39 is 0 Å². The highest BCUT2D eigenvalue weighted by molar-refractivity contribution is 5.82. The first-order valence-electron chi connectivity index (χ1n) is 9.80. The van der Waals surface area contributed by atoms with Crippen LogP contribution < -0.4 is 5.43 Å². The minimum absolute atomic E-state index is 0.0608. The number of halogens is 1. The zero-order valence-corrected chi connectivity index (χ0v) is 15.6. The average Bonchev–Trinajstić information content (AvgIpc) is 2.61. The first-order valence-corrected chi connectivity index (χ1v) is 9.80. The van der Waals surface area contributed by atoms with Gasteiger partial charge in [0.15, 0.2) is 0 Å². The Morgan fingerprint density at radius 2 is 1.44 bits per heavy atom. The van der Waals surface area contributed by atoms with Crippen LogP contribution in [-0.4, -0.2) is 12.1 Å². The fourth-order valence-corrected chi connectivity index (χ4v) is 2.73. The number of hydrogen-bond donors (Lipinski definition) is 1. The number of unbranched alkanes of at least 4 members (excludes halogenated alkanes) is 10. The molecule has 0 aliphatic heterocycles. The van der Waals surface area contributed by atoms with E-state index in [-0.39, 0.29) is 11.7 Å². The minimum Gasteiger partial charge on any atom is -0.273 e. The predicted octanol–water partition coefficient (Wildman–Crippen LogP) is 5.98. The maximum absolute atomic E-state index is 12.8. The van der Waals surface area contributed by atoms with E-state index in [1.54, 1.807) is 12.1 Å². The molecule has 3 nitrogen and oxygen atoms in total. The van der Waals surface area contributed by atoms with Crippen molar-refractivity contribution in [2.75, 3.05) is 0 Å². The summed E-state index contributed by atoms with van der Waals surface area (Å²) in [6.45, 7) is 2.25. The molecule has 0 fully saturated rings. The van der Waals surface area contributed by atoms with Gasteiger partial charge in [-0.2, -0.15) is 5.10 Å². The Balaban J connectivity index is 1.92. The predicted molar refractivity (Wildman–Crippen MR) is 103 cm³/mol. The summed E-state index contributed by atoms with van der Waals surface area (Å²) in [6.07, 6.45) is 16.0. The van der Waals surface area contributed by atoms with Crippen molar-refractivity contribution in [2.24, 2.45) is 5.10 Å². The Hall–Kier alpha value is -1.71. The Morgan fingerprint density at radius 3 is 2.00 bits per heavy atom. The van der Waals surface area contributed by atoms with Gasteiger partial charge in [0, 0.05) is 6.42 Å². The molecule has 0 atom stereocenters. The molecule has 0 radical (unpaired) electrons. The SMILES string of the molecule is CCCCCCCCCCCCCC(=O)NN=Cc1ccc(F)cc1. The Kier molecular flexibility index (Phi) is 12.5. The minimum atomic E-state index is -0.280. The lowest BCUT2D eigenvalue weighted by molar-refractivity contribution is -0.121. The Morgan fingerprint density at radius 1 is 0.920 bits per heavy atom. The summed E-state index contributed by atoms with van der Waals surface area (Å²) >= 11 is 0. The van der Waals surface area contributed by atoms with E-state index in [1.807, 2.05) is 0 Å². The van der Waals surface area contributed by atoms with Crippen LogP contribution >= 0.6 is 0 Å². The number of benzene rings is 1. The smallest absolute Gasteiger partial charge is 0.240 e. The molecule has 1 N–H and O–H groups in total. The quantitative estimate of drug-likeness (QED) is 0.251. The summed E-state index contributed by atoms with van der Waals surface area (Å²) < 4.78 is 12.8. The molecule has 0 unspecified atom stereocenters. The molecule has 1 rings (SSSR count). The van der Waals surface area contributed by atoms with Gasteiger partial charge in [0.25, 0.3) is 0 Å². The second-order valence-electron chi connectivity index (χ2n) is 6.63. The molecule has 0 heterocycles. The summed E-state index contributed by atoms with van der Waals surface area (Å²) in [5, 5.41) is 3.89. The lowest BCUT2D eigenvalue weighted by atomic mass is 10.1. The molecule has 0 aliphatic rings.